The van der Waals surface area contributed by atoms with E-state index in [4.69, 9.17) is 4.74 Å². The normalized spacial score (nSPS) is 13.6. The fourth-order valence-electron chi connectivity index (χ4n) is 2.49. The predicted octanol–water partition coefficient (Wildman–Crippen LogP) is 2.09. The summed E-state index contributed by atoms with van der Waals surface area (Å²) in [5.74, 6) is -2.02. The fraction of sp³-hybridized carbons (Fsp3) is 0.500. The average molecular weight is 453 g/mol. The summed E-state index contributed by atoms with van der Waals surface area (Å²) < 4.78 is 20.0. The van der Waals surface area contributed by atoms with Crippen LogP contribution in [0.25, 0.3) is 0 Å². The number of hydrogen-bond donors (Lipinski definition) is 3. The first kappa shape index (κ1) is 26.0. The maximum Gasteiger partial charge on any atom is 0.408 e. The number of carbonyl (C=O) groups excluding carboxylic acids is 4. The van der Waals surface area contributed by atoms with Gasteiger partial charge in [0.05, 0.1) is 0 Å². The zero-order valence-corrected chi connectivity index (χ0v) is 18.8. The van der Waals surface area contributed by atoms with E-state index in [0.29, 0.717) is 0 Å². The highest BCUT2D eigenvalue weighted by atomic mass is 31.1. The Morgan fingerprint density at radius 3 is 2.06 bits per heavy atom. The van der Waals surface area contributed by atoms with E-state index in [1.807, 2.05) is 32.0 Å². The third-order valence-electron chi connectivity index (χ3n) is 4.13. The Balaban J connectivity index is 2.52. The summed E-state index contributed by atoms with van der Waals surface area (Å²) in [6.45, 7) is 6.61. The lowest BCUT2D eigenvalue weighted by Gasteiger charge is -2.22. The van der Waals surface area contributed by atoms with Crippen LogP contribution in [0.3, 0.4) is 0 Å². The van der Waals surface area contributed by atoms with Crippen molar-refractivity contribution < 1.29 is 33.0 Å². The van der Waals surface area contributed by atoms with E-state index < -0.39 is 50.7 Å². The van der Waals surface area contributed by atoms with E-state index in [1.54, 1.807) is 12.1 Å². The third-order valence-corrected chi connectivity index (χ3v) is 4.38. The largest absolute Gasteiger partial charge is 0.445 e. The van der Waals surface area contributed by atoms with Crippen molar-refractivity contribution in [2.75, 3.05) is 0 Å². The SMILES string of the molecule is CC(C)CC(NC(=O)C(C)NC(=O)C(C)NC(=O)OCc1ccccc1)C(=O)OP=O. The molecule has 0 heterocycles. The molecule has 3 N–H and O–H groups in total. The molecule has 1 rings (SSSR count). The van der Waals surface area contributed by atoms with Crippen molar-refractivity contribution in [3.05, 3.63) is 35.9 Å². The summed E-state index contributed by atoms with van der Waals surface area (Å²) in [4.78, 5) is 48.4. The first-order valence-corrected chi connectivity index (χ1v) is 10.5. The molecular weight excluding hydrogens is 425 g/mol. The molecule has 1 aromatic carbocycles. The Labute approximate surface area is 182 Å². The molecule has 0 saturated heterocycles. The summed E-state index contributed by atoms with van der Waals surface area (Å²) in [6.07, 6.45) is -0.508. The molecular formula is C20H28N3O7P. The number of rotatable bonds is 11. The highest BCUT2D eigenvalue weighted by Gasteiger charge is 2.27. The van der Waals surface area contributed by atoms with Gasteiger partial charge < -0.3 is 25.2 Å². The number of benzene rings is 1. The Bertz CT molecular complexity index is 773. The van der Waals surface area contributed by atoms with E-state index in [1.165, 1.54) is 13.8 Å². The quantitative estimate of drug-likeness (QED) is 0.436. The highest BCUT2D eigenvalue weighted by Crippen LogP contribution is 2.09. The van der Waals surface area contributed by atoms with Gasteiger partial charge in [0.1, 0.15) is 24.7 Å². The molecule has 0 aliphatic heterocycles. The first-order valence-electron chi connectivity index (χ1n) is 9.75. The topological polar surface area (TPSA) is 140 Å². The van der Waals surface area contributed by atoms with Crippen LogP contribution in [0.15, 0.2) is 30.3 Å². The number of carbonyl (C=O) groups is 4. The van der Waals surface area contributed by atoms with Crippen molar-refractivity contribution in [2.45, 2.75) is 58.8 Å². The van der Waals surface area contributed by atoms with Crippen molar-refractivity contribution in [3.63, 3.8) is 0 Å². The molecule has 31 heavy (non-hydrogen) atoms. The molecule has 3 unspecified atom stereocenters. The molecule has 0 spiro atoms. The van der Waals surface area contributed by atoms with Crippen LogP contribution < -0.4 is 16.0 Å². The maximum absolute atomic E-state index is 12.4. The van der Waals surface area contributed by atoms with Gasteiger partial charge in [-0.2, -0.15) is 0 Å². The molecule has 0 aliphatic rings. The van der Waals surface area contributed by atoms with Gasteiger partial charge in [0.15, 0.2) is 0 Å². The van der Waals surface area contributed by atoms with Gasteiger partial charge in [-0.25, -0.2) is 14.2 Å². The Morgan fingerprint density at radius 2 is 1.48 bits per heavy atom. The highest BCUT2D eigenvalue weighted by molar-refractivity contribution is 7.18. The molecule has 3 amide bonds. The van der Waals surface area contributed by atoms with Crippen LogP contribution in [0.1, 0.15) is 39.7 Å². The minimum Gasteiger partial charge on any atom is -0.445 e. The summed E-state index contributed by atoms with van der Waals surface area (Å²) >= 11 is 0. The average Bonchev–Trinajstić information content (AvgIpc) is 2.72. The number of ether oxygens (including phenoxy) is 1. The molecule has 0 radical (unpaired) electrons. The van der Waals surface area contributed by atoms with Crippen molar-refractivity contribution in [3.8, 4) is 0 Å². The summed E-state index contributed by atoms with van der Waals surface area (Å²) in [6, 6.07) is 6.08. The lowest BCUT2D eigenvalue weighted by atomic mass is 10.0. The van der Waals surface area contributed by atoms with Crippen LogP contribution in [0.4, 0.5) is 4.79 Å². The Hall–Kier alpha value is -3.00. The zero-order valence-electron chi connectivity index (χ0n) is 17.9. The summed E-state index contributed by atoms with van der Waals surface area (Å²) in [5.41, 5.74) is 0.797. The molecule has 11 heteroatoms. The Morgan fingerprint density at radius 1 is 0.903 bits per heavy atom. The molecule has 1 aromatic rings. The van der Waals surface area contributed by atoms with Crippen LogP contribution in [-0.2, 0) is 34.8 Å². The van der Waals surface area contributed by atoms with Gasteiger partial charge in [0, 0.05) is 0 Å². The van der Waals surface area contributed by atoms with E-state index in [-0.39, 0.29) is 18.9 Å². The fourth-order valence-corrected chi connectivity index (χ4v) is 2.69. The van der Waals surface area contributed by atoms with Crippen LogP contribution in [0.2, 0.25) is 0 Å². The number of hydrogen-bond acceptors (Lipinski definition) is 7. The van der Waals surface area contributed by atoms with E-state index in [0.717, 1.165) is 5.56 Å². The van der Waals surface area contributed by atoms with Crippen LogP contribution >= 0.6 is 8.69 Å². The third kappa shape index (κ3) is 10.0. The zero-order chi connectivity index (χ0) is 23.4. The number of alkyl carbamates (subject to hydrolysis) is 1. The molecule has 10 nitrogen and oxygen atoms in total. The Kier molecular flexibility index (Phi) is 11.2. The van der Waals surface area contributed by atoms with E-state index in [2.05, 4.69) is 20.5 Å². The van der Waals surface area contributed by atoms with Gasteiger partial charge >= 0.3 is 20.7 Å². The molecule has 170 valence electrons. The van der Waals surface area contributed by atoms with Crippen molar-refractivity contribution in [2.24, 2.45) is 5.92 Å². The van der Waals surface area contributed by atoms with Gasteiger partial charge in [-0.3, -0.25) is 9.59 Å². The second-order valence-corrected chi connectivity index (χ2v) is 7.67. The lowest BCUT2D eigenvalue weighted by Crippen LogP contribution is -2.54. The van der Waals surface area contributed by atoms with Crippen LogP contribution in [0, 0.1) is 5.92 Å². The standard InChI is InChI=1S/C20H28N3O7P/c1-12(2)10-16(19(26)30-31-28)23-18(25)13(3)21-17(24)14(4)22-20(27)29-11-15-8-6-5-7-9-15/h5-9,12-14,16H,10-11H2,1-4H3,(H,21,24)(H,22,27)(H,23,25). The molecule has 0 fully saturated rings. The summed E-state index contributed by atoms with van der Waals surface area (Å²) in [5, 5.41) is 7.31. The van der Waals surface area contributed by atoms with Crippen molar-refractivity contribution in [1.29, 1.82) is 0 Å². The first-order chi connectivity index (χ1) is 14.6. The molecule has 3 atom stereocenters. The molecule has 0 bridgehead atoms. The van der Waals surface area contributed by atoms with E-state index >= 15 is 0 Å². The summed E-state index contributed by atoms with van der Waals surface area (Å²) in [7, 11) is -0.811. The second-order valence-electron chi connectivity index (χ2n) is 7.33. The second kappa shape index (κ2) is 13.3. The lowest BCUT2D eigenvalue weighted by molar-refractivity contribution is -0.139. The maximum atomic E-state index is 12.4. The van der Waals surface area contributed by atoms with Crippen molar-refractivity contribution >= 4 is 32.6 Å². The number of amides is 3. The molecule has 0 aliphatic carbocycles. The number of nitrogens with one attached hydrogen (secondary N) is 3. The van der Waals surface area contributed by atoms with Crippen LogP contribution in [0.5, 0.6) is 0 Å². The smallest absolute Gasteiger partial charge is 0.408 e. The molecule has 0 aromatic heterocycles. The van der Waals surface area contributed by atoms with Crippen LogP contribution in [-0.4, -0.2) is 42.0 Å². The van der Waals surface area contributed by atoms with Gasteiger partial charge in [0.25, 0.3) is 0 Å². The predicted molar refractivity (Wildman–Crippen MR) is 112 cm³/mol. The van der Waals surface area contributed by atoms with E-state index in [9.17, 15) is 23.7 Å². The van der Waals surface area contributed by atoms with Gasteiger partial charge in [0.2, 0.25) is 11.8 Å². The van der Waals surface area contributed by atoms with Gasteiger partial charge in [-0.1, -0.05) is 44.2 Å². The van der Waals surface area contributed by atoms with Gasteiger partial charge in [-0.05, 0) is 31.7 Å². The molecule has 0 saturated carbocycles. The van der Waals surface area contributed by atoms with Gasteiger partial charge in [-0.15, -0.1) is 0 Å². The monoisotopic (exact) mass is 453 g/mol. The minimum atomic E-state index is -1.00. The minimum absolute atomic E-state index is 0.0515. The van der Waals surface area contributed by atoms with Crippen molar-refractivity contribution in [1.82, 2.24) is 16.0 Å².